The van der Waals surface area contributed by atoms with Crippen LogP contribution in [-0.4, -0.2) is 83.2 Å². The van der Waals surface area contributed by atoms with E-state index in [0.717, 1.165) is 47.0 Å². The number of hydrogen-bond acceptors (Lipinski definition) is 10. The summed E-state index contributed by atoms with van der Waals surface area (Å²) in [5.74, 6) is 1.93. The lowest BCUT2D eigenvalue weighted by molar-refractivity contribution is -0.119. The number of ketones is 1. The topological polar surface area (TPSA) is 147 Å². The Morgan fingerprint density at radius 3 is 2.62 bits per heavy atom. The molecule has 11 nitrogen and oxygen atoms in total. The fourth-order valence-electron chi connectivity index (χ4n) is 6.39. The number of hydrogen-bond donors (Lipinski definition) is 3. The lowest BCUT2D eigenvalue weighted by Crippen LogP contribution is -2.41. The summed E-state index contributed by atoms with van der Waals surface area (Å²) in [7, 11) is -0.516. The van der Waals surface area contributed by atoms with Crippen LogP contribution in [0.3, 0.4) is 0 Å². The number of Topliss-reactive ketones (excluding diaryl/α,β-unsaturated/α-hetero) is 1. The number of nitrogens with zero attached hydrogens (tertiary/aromatic N) is 2. The van der Waals surface area contributed by atoms with Gasteiger partial charge in [0.2, 0.25) is 0 Å². The van der Waals surface area contributed by atoms with Crippen LogP contribution in [0.15, 0.2) is 42.6 Å². The normalized spacial score (nSPS) is 22.5. The number of carbonyl (C=O) groups is 2. The number of urea groups is 1. The second-order valence-electron chi connectivity index (χ2n) is 13.8. The summed E-state index contributed by atoms with van der Waals surface area (Å²) in [4.78, 5) is 24.0. The lowest BCUT2D eigenvalue weighted by atomic mass is 9.77. The Morgan fingerprint density at radius 2 is 1.81 bits per heavy atom. The predicted octanol–water partition coefficient (Wildman–Crippen LogP) is 4.65. The van der Waals surface area contributed by atoms with E-state index in [0.29, 0.717) is 61.3 Å². The molecule has 13 heteroatoms. The van der Waals surface area contributed by atoms with E-state index in [9.17, 15) is 9.59 Å². The van der Waals surface area contributed by atoms with E-state index < -0.39 is 18.3 Å². The molecule has 0 radical (unpaired) electrons. The van der Waals surface area contributed by atoms with Crippen LogP contribution >= 0.6 is 11.8 Å². The zero-order valence-electron chi connectivity index (χ0n) is 28.3. The number of anilines is 1. The Hall–Kier alpha value is -3.39. The molecule has 2 amide bonds. The van der Waals surface area contributed by atoms with Crippen molar-refractivity contribution >= 4 is 52.7 Å². The van der Waals surface area contributed by atoms with Crippen LogP contribution in [0.4, 0.5) is 10.5 Å². The van der Waals surface area contributed by atoms with Gasteiger partial charge in [0.15, 0.2) is 0 Å². The number of nitrogen functional groups attached to an aromatic ring is 1. The molecule has 0 aliphatic carbocycles. The van der Waals surface area contributed by atoms with Crippen molar-refractivity contribution < 1.29 is 28.4 Å². The molecule has 4 N–H and O–H groups in total. The third kappa shape index (κ3) is 7.75. The fraction of sp³-hybridized carbons (Fsp3) is 0.543. The molecule has 0 bridgehead atoms. The van der Waals surface area contributed by atoms with Crippen molar-refractivity contribution in [3.05, 3.63) is 42.6 Å². The number of ether oxygens (including phenoxy) is 2. The number of rotatable bonds is 15. The molecule has 3 aliphatic heterocycles. The van der Waals surface area contributed by atoms with Crippen LogP contribution in [-0.2, 0) is 18.8 Å². The number of amides is 2. The molecule has 6 rings (SSSR count). The highest BCUT2D eigenvalue weighted by atomic mass is 32.2. The standard InChI is InChI=1S/C35H46BN5O6S/c1-34(2)35(3,4)47-36(46-34)23-12-14-30(26(19-23)22-11-13-25-27(37)20-38-41-28(25)18-22)45-17-16-44-15-7-9-24(42)8-5-6-10-31-32-29(21-48-31)39-33(43)40-32/h11-14,18-20,29,31-32H,5-10,15-17,21H2,1-4H3,(H2,37,41)(H2,39,40,43)/t29-,31-,32-/m0/s1. The van der Waals surface area contributed by atoms with Gasteiger partial charge >= 0.3 is 13.1 Å². The van der Waals surface area contributed by atoms with Gasteiger partial charge in [0.05, 0.1) is 47.3 Å². The summed E-state index contributed by atoms with van der Waals surface area (Å²) in [6.07, 6.45) is 6.26. The van der Waals surface area contributed by atoms with Gasteiger partial charge in [0.1, 0.15) is 18.1 Å². The predicted molar refractivity (Wildman–Crippen MR) is 190 cm³/mol. The molecule has 48 heavy (non-hydrogen) atoms. The van der Waals surface area contributed by atoms with E-state index in [1.165, 1.54) is 0 Å². The van der Waals surface area contributed by atoms with Crippen LogP contribution in [0.1, 0.15) is 66.2 Å². The molecule has 3 aliphatic rings. The minimum atomic E-state index is -0.516. The molecule has 3 fully saturated rings. The van der Waals surface area contributed by atoms with E-state index in [-0.39, 0.29) is 23.9 Å². The van der Waals surface area contributed by atoms with Crippen molar-refractivity contribution in [1.29, 1.82) is 0 Å². The number of fused-ring (bicyclic) bond motifs is 2. The number of thioether (sulfide) groups is 1. The highest BCUT2D eigenvalue weighted by Crippen LogP contribution is 2.38. The van der Waals surface area contributed by atoms with Crippen molar-refractivity contribution in [2.75, 3.05) is 31.3 Å². The first kappa shape index (κ1) is 34.5. The molecule has 0 unspecified atom stereocenters. The van der Waals surface area contributed by atoms with E-state index in [1.807, 2.05) is 75.9 Å². The Labute approximate surface area is 286 Å². The molecular formula is C35H46BN5O6S. The maximum Gasteiger partial charge on any atom is 0.494 e. The zero-order chi connectivity index (χ0) is 33.9. The number of benzene rings is 2. The van der Waals surface area contributed by atoms with Gasteiger partial charge in [0, 0.05) is 41.4 Å². The summed E-state index contributed by atoms with van der Waals surface area (Å²) in [5, 5.41) is 15.6. The maximum atomic E-state index is 12.4. The average Bonchev–Trinajstić information content (AvgIpc) is 3.67. The summed E-state index contributed by atoms with van der Waals surface area (Å²) in [5.41, 5.74) is 9.14. The summed E-state index contributed by atoms with van der Waals surface area (Å²) < 4.78 is 24.7. The van der Waals surface area contributed by atoms with E-state index in [1.54, 1.807) is 6.20 Å². The molecule has 3 aromatic rings. The third-order valence-corrected chi connectivity index (χ3v) is 11.4. The highest BCUT2D eigenvalue weighted by molar-refractivity contribution is 8.00. The van der Waals surface area contributed by atoms with E-state index >= 15 is 0 Å². The Balaban J connectivity index is 0.973. The first-order valence-corrected chi connectivity index (χ1v) is 18.0. The zero-order valence-corrected chi connectivity index (χ0v) is 29.1. The molecule has 1 aromatic heterocycles. The van der Waals surface area contributed by atoms with Gasteiger partial charge in [-0.05, 0) is 76.2 Å². The van der Waals surface area contributed by atoms with Crippen LogP contribution < -0.4 is 26.6 Å². The monoisotopic (exact) mass is 675 g/mol. The summed E-state index contributed by atoms with van der Waals surface area (Å²) in [6.45, 7) is 9.41. The molecule has 3 saturated heterocycles. The molecule has 0 spiro atoms. The smallest absolute Gasteiger partial charge is 0.491 e. The number of unbranched alkanes of at least 4 members (excludes halogenated alkanes) is 1. The first-order valence-electron chi connectivity index (χ1n) is 16.9. The fourth-order valence-corrected chi connectivity index (χ4v) is 7.94. The largest absolute Gasteiger partial charge is 0.494 e. The maximum absolute atomic E-state index is 12.4. The van der Waals surface area contributed by atoms with E-state index in [2.05, 4.69) is 20.8 Å². The minimum absolute atomic E-state index is 0.0557. The van der Waals surface area contributed by atoms with E-state index in [4.69, 9.17) is 24.5 Å². The second kappa shape index (κ2) is 14.6. The van der Waals surface area contributed by atoms with Gasteiger partial charge < -0.3 is 35.1 Å². The molecule has 0 saturated carbocycles. The van der Waals surface area contributed by atoms with Crippen molar-refractivity contribution in [1.82, 2.24) is 20.8 Å². The quantitative estimate of drug-likeness (QED) is 0.118. The average molecular weight is 676 g/mol. The van der Waals surface area contributed by atoms with Gasteiger partial charge in [-0.25, -0.2) is 4.79 Å². The molecule has 256 valence electrons. The second-order valence-corrected chi connectivity index (χ2v) is 15.1. The summed E-state index contributed by atoms with van der Waals surface area (Å²) >= 11 is 1.91. The summed E-state index contributed by atoms with van der Waals surface area (Å²) in [6, 6.07) is 12.3. The minimum Gasteiger partial charge on any atom is -0.491 e. The van der Waals surface area contributed by atoms with Crippen molar-refractivity contribution in [2.45, 2.75) is 94.8 Å². The van der Waals surface area contributed by atoms with Gasteiger partial charge in [-0.15, -0.1) is 0 Å². The molecular weight excluding hydrogens is 629 g/mol. The van der Waals surface area contributed by atoms with Crippen LogP contribution in [0.5, 0.6) is 5.75 Å². The van der Waals surface area contributed by atoms with Gasteiger partial charge in [-0.1, -0.05) is 24.6 Å². The van der Waals surface area contributed by atoms with Gasteiger partial charge in [-0.3, -0.25) is 4.79 Å². The van der Waals surface area contributed by atoms with Crippen molar-refractivity contribution in [3.8, 4) is 16.9 Å². The molecule has 4 heterocycles. The number of nitrogens with two attached hydrogens (primary N) is 1. The van der Waals surface area contributed by atoms with Gasteiger partial charge in [-0.2, -0.15) is 22.0 Å². The van der Waals surface area contributed by atoms with Gasteiger partial charge in [0.25, 0.3) is 0 Å². The molecule has 3 atom stereocenters. The lowest BCUT2D eigenvalue weighted by Gasteiger charge is -2.32. The number of carbonyl (C=O) groups excluding carboxylic acids is 2. The third-order valence-electron chi connectivity index (χ3n) is 9.87. The van der Waals surface area contributed by atoms with Crippen LogP contribution in [0, 0.1) is 0 Å². The van der Waals surface area contributed by atoms with Crippen molar-refractivity contribution in [2.24, 2.45) is 0 Å². The van der Waals surface area contributed by atoms with Crippen molar-refractivity contribution in [3.63, 3.8) is 0 Å². The Morgan fingerprint density at radius 1 is 1.02 bits per heavy atom. The Kier molecular flexibility index (Phi) is 10.5. The Bertz CT molecular complexity index is 1620. The van der Waals surface area contributed by atoms with Crippen LogP contribution in [0.25, 0.3) is 22.0 Å². The SMILES string of the molecule is CC1(C)OB(c2ccc(OCCOCCCC(=O)CCCC[C@@H]3SC[C@@H]4NC(=O)N[C@@H]43)c(-c3ccc4c(N)cnnc4c3)c2)OC1(C)C. The first-order chi connectivity index (χ1) is 23.0. The molecule has 2 aromatic carbocycles. The highest BCUT2D eigenvalue weighted by Gasteiger charge is 2.51. The number of nitrogens with one attached hydrogen (secondary N) is 2. The number of aromatic nitrogens is 2. The van der Waals surface area contributed by atoms with Crippen LogP contribution in [0.2, 0.25) is 0 Å².